The molecule has 16 heavy (non-hydrogen) atoms. The molecule has 1 aliphatic rings. The van der Waals surface area contributed by atoms with E-state index < -0.39 is 0 Å². The minimum absolute atomic E-state index is 0.699. The van der Waals surface area contributed by atoms with Crippen LogP contribution in [-0.2, 0) is 19.4 Å². The van der Waals surface area contributed by atoms with Crippen molar-refractivity contribution in [2.24, 2.45) is 0 Å². The molecule has 0 unspecified atom stereocenters. The summed E-state index contributed by atoms with van der Waals surface area (Å²) in [5.74, 6) is 0. The molecular weight excluding hydrogens is 222 g/mol. The second-order valence-electron chi connectivity index (χ2n) is 4.06. The molecular formula is C10H13N5S. The topological polar surface area (TPSA) is 69.6 Å². The second-order valence-corrected chi connectivity index (χ2v) is 4.84. The van der Waals surface area contributed by atoms with Gasteiger partial charge in [-0.25, -0.2) is 4.98 Å². The van der Waals surface area contributed by atoms with E-state index >= 15 is 0 Å². The Balaban J connectivity index is 1.90. The third kappa shape index (κ3) is 1.59. The summed E-state index contributed by atoms with van der Waals surface area (Å²) in [6.45, 7) is 0.699. The van der Waals surface area contributed by atoms with Crippen LogP contribution in [0.25, 0.3) is 0 Å². The van der Waals surface area contributed by atoms with Gasteiger partial charge in [0.1, 0.15) is 10.7 Å². The van der Waals surface area contributed by atoms with Crippen LogP contribution < -0.4 is 5.73 Å². The first kappa shape index (κ1) is 9.77. The van der Waals surface area contributed by atoms with Gasteiger partial charge in [0.05, 0.1) is 18.6 Å². The molecule has 2 heterocycles. The SMILES string of the molecule is Nc1snnc1Cn1cnc2c1CCCC2. The molecule has 0 aliphatic heterocycles. The lowest BCUT2D eigenvalue weighted by atomic mass is 10.0. The summed E-state index contributed by atoms with van der Waals surface area (Å²) in [4.78, 5) is 4.44. The van der Waals surface area contributed by atoms with Gasteiger partial charge in [0.25, 0.3) is 0 Å². The number of nitrogens with two attached hydrogens (primary N) is 1. The monoisotopic (exact) mass is 235 g/mol. The van der Waals surface area contributed by atoms with Crippen molar-refractivity contribution in [3.63, 3.8) is 0 Å². The van der Waals surface area contributed by atoms with Gasteiger partial charge in [-0.1, -0.05) is 4.49 Å². The van der Waals surface area contributed by atoms with Crippen LogP contribution >= 0.6 is 11.5 Å². The Kier molecular flexibility index (Phi) is 2.36. The number of rotatable bonds is 2. The highest BCUT2D eigenvalue weighted by Crippen LogP contribution is 2.22. The fourth-order valence-corrected chi connectivity index (χ4v) is 2.59. The zero-order chi connectivity index (χ0) is 11.0. The maximum absolute atomic E-state index is 5.79. The molecule has 0 atom stereocenters. The van der Waals surface area contributed by atoms with Crippen molar-refractivity contribution >= 4 is 16.5 Å². The molecule has 1 aliphatic carbocycles. The van der Waals surface area contributed by atoms with Crippen molar-refractivity contribution in [2.45, 2.75) is 32.2 Å². The number of aryl methyl sites for hydroxylation is 1. The minimum atomic E-state index is 0.699. The normalized spacial score (nSPS) is 15.0. The molecule has 3 rings (SSSR count). The summed E-state index contributed by atoms with van der Waals surface area (Å²) in [5, 5.41) is 4.74. The third-order valence-corrected chi connectivity index (χ3v) is 3.61. The van der Waals surface area contributed by atoms with E-state index in [2.05, 4.69) is 19.1 Å². The predicted octanol–water partition coefficient (Wildman–Crippen LogP) is 1.24. The van der Waals surface area contributed by atoms with Crippen LogP contribution in [0.5, 0.6) is 0 Å². The Hall–Kier alpha value is -1.43. The van der Waals surface area contributed by atoms with Gasteiger partial charge in [0.2, 0.25) is 0 Å². The Morgan fingerprint density at radius 2 is 2.25 bits per heavy atom. The molecule has 0 aromatic carbocycles. The number of imidazole rings is 1. The summed E-state index contributed by atoms with van der Waals surface area (Å²) in [6, 6.07) is 0. The maximum Gasteiger partial charge on any atom is 0.132 e. The Morgan fingerprint density at radius 1 is 1.38 bits per heavy atom. The molecule has 2 N–H and O–H groups in total. The predicted molar refractivity (Wildman–Crippen MR) is 62.3 cm³/mol. The number of nitrogen functional groups attached to an aromatic ring is 1. The lowest BCUT2D eigenvalue weighted by molar-refractivity contribution is 0.625. The van der Waals surface area contributed by atoms with Gasteiger partial charge in [-0.15, -0.1) is 5.10 Å². The highest BCUT2D eigenvalue weighted by Gasteiger charge is 2.16. The first-order chi connectivity index (χ1) is 7.84. The Bertz CT molecular complexity index is 501. The largest absolute Gasteiger partial charge is 0.388 e. The zero-order valence-corrected chi connectivity index (χ0v) is 9.70. The zero-order valence-electron chi connectivity index (χ0n) is 8.89. The summed E-state index contributed by atoms with van der Waals surface area (Å²) in [7, 11) is 0. The van der Waals surface area contributed by atoms with Crippen LogP contribution in [0.3, 0.4) is 0 Å². The summed E-state index contributed by atoms with van der Waals surface area (Å²) < 4.78 is 6.00. The van der Waals surface area contributed by atoms with Gasteiger partial charge in [-0.2, -0.15) is 0 Å². The molecule has 2 aromatic rings. The molecule has 84 valence electrons. The molecule has 5 nitrogen and oxygen atoms in total. The van der Waals surface area contributed by atoms with Crippen LogP contribution in [0.4, 0.5) is 5.00 Å². The van der Waals surface area contributed by atoms with Crippen LogP contribution in [0.1, 0.15) is 29.9 Å². The summed E-state index contributed by atoms with van der Waals surface area (Å²) in [5.41, 5.74) is 9.24. The van der Waals surface area contributed by atoms with Gasteiger partial charge in [-0.3, -0.25) is 0 Å². The van der Waals surface area contributed by atoms with E-state index in [4.69, 9.17) is 5.73 Å². The van der Waals surface area contributed by atoms with Crippen LogP contribution in [0.15, 0.2) is 6.33 Å². The maximum atomic E-state index is 5.79. The molecule has 6 heteroatoms. The van der Waals surface area contributed by atoms with Crippen molar-refractivity contribution in [3.8, 4) is 0 Å². The van der Waals surface area contributed by atoms with E-state index in [0.717, 1.165) is 18.5 Å². The van der Waals surface area contributed by atoms with Crippen molar-refractivity contribution in [3.05, 3.63) is 23.4 Å². The van der Waals surface area contributed by atoms with Gasteiger partial charge < -0.3 is 10.3 Å². The highest BCUT2D eigenvalue weighted by molar-refractivity contribution is 7.09. The van der Waals surface area contributed by atoms with Crippen LogP contribution in [0.2, 0.25) is 0 Å². The fraction of sp³-hybridized carbons (Fsp3) is 0.500. The standard InChI is InChI=1S/C10H13N5S/c11-10-8(13-14-16-10)5-15-6-12-7-3-1-2-4-9(7)15/h6H,1-5,11H2. The Labute approximate surface area is 97.5 Å². The second kappa shape index (κ2) is 3.86. The summed E-state index contributed by atoms with van der Waals surface area (Å²) >= 11 is 1.25. The molecule has 0 saturated heterocycles. The number of nitrogens with zero attached hydrogens (tertiary/aromatic N) is 4. The molecule has 0 bridgehead atoms. The minimum Gasteiger partial charge on any atom is -0.388 e. The fourth-order valence-electron chi connectivity index (χ4n) is 2.15. The number of anilines is 1. The van der Waals surface area contributed by atoms with Crippen molar-refractivity contribution in [1.82, 2.24) is 19.1 Å². The van der Waals surface area contributed by atoms with Crippen molar-refractivity contribution < 1.29 is 0 Å². The van der Waals surface area contributed by atoms with Gasteiger partial charge in [0, 0.05) is 17.2 Å². The first-order valence-corrected chi connectivity index (χ1v) is 6.21. The lowest BCUT2D eigenvalue weighted by Gasteiger charge is -2.13. The smallest absolute Gasteiger partial charge is 0.132 e. The average Bonchev–Trinajstić information content (AvgIpc) is 2.88. The summed E-state index contributed by atoms with van der Waals surface area (Å²) in [6.07, 6.45) is 6.63. The number of hydrogen-bond donors (Lipinski definition) is 1. The third-order valence-electron chi connectivity index (χ3n) is 3.02. The molecule has 0 radical (unpaired) electrons. The highest BCUT2D eigenvalue weighted by atomic mass is 32.1. The molecule has 0 spiro atoms. The van der Waals surface area contributed by atoms with Crippen LogP contribution in [-0.4, -0.2) is 19.1 Å². The van der Waals surface area contributed by atoms with E-state index in [9.17, 15) is 0 Å². The molecule has 0 amide bonds. The number of hydrogen-bond acceptors (Lipinski definition) is 5. The van der Waals surface area contributed by atoms with Crippen molar-refractivity contribution in [2.75, 3.05) is 5.73 Å². The van der Waals surface area contributed by atoms with E-state index in [1.807, 2.05) is 6.33 Å². The van der Waals surface area contributed by atoms with Crippen molar-refractivity contribution in [1.29, 1.82) is 0 Å². The molecule has 2 aromatic heterocycles. The van der Waals surface area contributed by atoms with E-state index in [1.54, 1.807) is 0 Å². The molecule has 0 saturated carbocycles. The lowest BCUT2D eigenvalue weighted by Crippen LogP contribution is -2.09. The van der Waals surface area contributed by atoms with E-state index in [0.29, 0.717) is 11.5 Å². The Morgan fingerprint density at radius 3 is 3.06 bits per heavy atom. The van der Waals surface area contributed by atoms with Gasteiger partial charge in [-0.05, 0) is 25.7 Å². The average molecular weight is 235 g/mol. The van der Waals surface area contributed by atoms with Gasteiger partial charge >= 0.3 is 0 Å². The molecule has 0 fully saturated rings. The number of aromatic nitrogens is 4. The van der Waals surface area contributed by atoms with Crippen LogP contribution in [0, 0.1) is 0 Å². The quantitative estimate of drug-likeness (QED) is 0.850. The van der Waals surface area contributed by atoms with E-state index in [-0.39, 0.29) is 0 Å². The first-order valence-electron chi connectivity index (χ1n) is 5.44. The van der Waals surface area contributed by atoms with Gasteiger partial charge in [0.15, 0.2) is 0 Å². The van der Waals surface area contributed by atoms with E-state index in [1.165, 1.54) is 35.8 Å². The number of fused-ring (bicyclic) bond motifs is 1.